The molecule has 0 saturated heterocycles. The van der Waals surface area contributed by atoms with Crippen LogP contribution in [0.4, 0.5) is 13.2 Å². The van der Waals surface area contributed by atoms with Crippen molar-refractivity contribution in [2.24, 2.45) is 35.5 Å². The maximum absolute atomic E-state index is 13.2. The predicted octanol–water partition coefficient (Wildman–Crippen LogP) is 7.01. The summed E-state index contributed by atoms with van der Waals surface area (Å²) in [6.07, 6.45) is 5.79. The van der Waals surface area contributed by atoms with Crippen molar-refractivity contribution in [2.45, 2.75) is 140 Å². The number of carbonyl (C=O) groups is 1. The molecular formula is C29H47ClF3NO3. The number of hydrogen-bond acceptors (Lipinski definition) is 3. The molecule has 0 aromatic carbocycles. The molecule has 4 saturated carbocycles. The molecule has 4 fully saturated rings. The summed E-state index contributed by atoms with van der Waals surface area (Å²) >= 11 is 6.36. The lowest BCUT2D eigenvalue weighted by Gasteiger charge is -2.41. The molecule has 0 heterocycles. The molecule has 0 aromatic rings. The molecule has 7 unspecified atom stereocenters. The quantitative estimate of drug-likeness (QED) is 0.350. The zero-order chi connectivity index (χ0) is 26.7. The van der Waals surface area contributed by atoms with Crippen LogP contribution in [0.15, 0.2) is 0 Å². The molecule has 7 atom stereocenters. The molecular weight excluding hydrogens is 503 g/mol. The lowest BCUT2D eigenvalue weighted by Crippen LogP contribution is -2.50. The number of ether oxygens (including phenoxy) is 1. The van der Waals surface area contributed by atoms with Crippen molar-refractivity contribution in [3.8, 4) is 0 Å². The average Bonchev–Trinajstić information content (AvgIpc) is 2.83. The number of carbonyl (C=O) groups excluding carboxylic acids is 1. The van der Waals surface area contributed by atoms with Gasteiger partial charge in [-0.1, -0.05) is 26.7 Å². The van der Waals surface area contributed by atoms with Gasteiger partial charge in [0.25, 0.3) is 0 Å². The van der Waals surface area contributed by atoms with Crippen molar-refractivity contribution in [2.75, 3.05) is 0 Å². The Bertz CT molecular complexity index is 732. The summed E-state index contributed by atoms with van der Waals surface area (Å²) in [6.45, 7) is 4.39. The molecule has 2 N–H and O–H groups in total. The molecule has 0 aliphatic heterocycles. The van der Waals surface area contributed by atoms with Gasteiger partial charge in [-0.05, 0) is 93.8 Å². The van der Waals surface area contributed by atoms with E-state index in [1.165, 1.54) is 0 Å². The maximum atomic E-state index is 13.2. The first-order chi connectivity index (χ1) is 17.5. The summed E-state index contributed by atoms with van der Waals surface area (Å²) in [5.74, 6) is 0.499. The predicted molar refractivity (Wildman–Crippen MR) is 139 cm³/mol. The number of aliphatic hydroxyl groups excluding tert-OH is 1. The molecule has 4 aliphatic rings. The van der Waals surface area contributed by atoms with Crippen LogP contribution in [0, 0.1) is 35.5 Å². The summed E-state index contributed by atoms with van der Waals surface area (Å²) in [7, 11) is 0. The van der Waals surface area contributed by atoms with E-state index in [4.69, 9.17) is 16.3 Å². The Morgan fingerprint density at radius 1 is 0.919 bits per heavy atom. The SMILES string of the molecule is CC1CC(Cl)CC(C)C1OC1CCC(NC(=O)CC2CCC(C3CCCC(C(F)(F)F)C3)CC2)C(O)C1. The van der Waals surface area contributed by atoms with Gasteiger partial charge in [0.05, 0.1) is 30.3 Å². The van der Waals surface area contributed by atoms with E-state index in [9.17, 15) is 23.1 Å². The van der Waals surface area contributed by atoms with Gasteiger partial charge in [-0.25, -0.2) is 0 Å². The van der Waals surface area contributed by atoms with Crippen LogP contribution in [0.25, 0.3) is 0 Å². The van der Waals surface area contributed by atoms with E-state index in [1.807, 2.05) is 0 Å². The summed E-state index contributed by atoms with van der Waals surface area (Å²) in [5, 5.41) is 14.0. The zero-order valence-corrected chi connectivity index (χ0v) is 23.3. The van der Waals surface area contributed by atoms with Gasteiger partial charge in [0.15, 0.2) is 0 Å². The largest absolute Gasteiger partial charge is 0.391 e. The van der Waals surface area contributed by atoms with E-state index in [2.05, 4.69) is 19.2 Å². The summed E-state index contributed by atoms with van der Waals surface area (Å²) < 4.78 is 46.1. The topological polar surface area (TPSA) is 58.6 Å². The van der Waals surface area contributed by atoms with Crippen LogP contribution < -0.4 is 5.32 Å². The molecule has 4 aliphatic carbocycles. The van der Waals surface area contributed by atoms with Gasteiger partial charge >= 0.3 is 6.18 Å². The molecule has 0 bridgehead atoms. The lowest BCUT2D eigenvalue weighted by molar-refractivity contribution is -0.187. The molecule has 8 heteroatoms. The van der Waals surface area contributed by atoms with E-state index < -0.39 is 18.2 Å². The summed E-state index contributed by atoms with van der Waals surface area (Å²) in [5.41, 5.74) is 0. The lowest BCUT2D eigenvalue weighted by atomic mass is 9.68. The molecule has 0 aromatic heterocycles. The van der Waals surface area contributed by atoms with Crippen molar-refractivity contribution in [3.63, 3.8) is 0 Å². The summed E-state index contributed by atoms with van der Waals surface area (Å²) in [4.78, 5) is 12.8. The number of hydrogen-bond donors (Lipinski definition) is 2. The van der Waals surface area contributed by atoms with E-state index >= 15 is 0 Å². The first-order valence-electron chi connectivity index (χ1n) is 14.8. The fourth-order valence-corrected chi connectivity index (χ4v) is 8.53. The van der Waals surface area contributed by atoms with E-state index in [-0.39, 0.29) is 54.2 Å². The van der Waals surface area contributed by atoms with Gasteiger partial charge in [0, 0.05) is 18.2 Å². The van der Waals surface area contributed by atoms with Gasteiger partial charge in [-0.15, -0.1) is 11.6 Å². The van der Waals surface area contributed by atoms with Crippen molar-refractivity contribution in [1.82, 2.24) is 5.32 Å². The Morgan fingerprint density at radius 3 is 2.22 bits per heavy atom. The normalized spacial score (nSPS) is 43.8. The van der Waals surface area contributed by atoms with Crippen LogP contribution in [0.1, 0.15) is 104 Å². The summed E-state index contributed by atoms with van der Waals surface area (Å²) in [6, 6.07) is -0.237. The minimum absolute atomic E-state index is 0.00986. The molecule has 0 radical (unpaired) electrons. The van der Waals surface area contributed by atoms with Crippen LogP contribution in [-0.2, 0) is 9.53 Å². The van der Waals surface area contributed by atoms with Crippen LogP contribution in [0.2, 0.25) is 0 Å². The fraction of sp³-hybridized carbons (Fsp3) is 0.966. The Labute approximate surface area is 225 Å². The number of alkyl halides is 4. The second-order valence-corrected chi connectivity index (χ2v) is 13.6. The van der Waals surface area contributed by atoms with Gasteiger partial charge in [-0.2, -0.15) is 13.2 Å². The van der Waals surface area contributed by atoms with Crippen LogP contribution >= 0.6 is 11.6 Å². The highest BCUT2D eigenvalue weighted by atomic mass is 35.5. The third-order valence-electron chi connectivity index (χ3n) is 10.1. The second kappa shape index (κ2) is 12.8. The second-order valence-electron chi connectivity index (χ2n) is 13.0. The van der Waals surface area contributed by atoms with Crippen molar-refractivity contribution < 1.29 is 27.8 Å². The van der Waals surface area contributed by atoms with Crippen molar-refractivity contribution >= 4 is 17.5 Å². The average molecular weight is 550 g/mol. The van der Waals surface area contributed by atoms with Crippen molar-refractivity contribution in [1.29, 1.82) is 0 Å². The Balaban J connectivity index is 1.16. The highest BCUT2D eigenvalue weighted by Crippen LogP contribution is 2.46. The third-order valence-corrected chi connectivity index (χ3v) is 10.4. The zero-order valence-electron chi connectivity index (χ0n) is 22.5. The number of halogens is 4. The minimum Gasteiger partial charge on any atom is -0.391 e. The highest BCUT2D eigenvalue weighted by molar-refractivity contribution is 6.20. The Hall–Kier alpha value is -0.530. The molecule has 214 valence electrons. The van der Waals surface area contributed by atoms with Crippen LogP contribution in [0.5, 0.6) is 0 Å². The standard InChI is InChI=1S/C29H47ClF3NO3/c1-17-12-23(30)13-18(2)28(17)37-24-10-11-25(26(35)16-24)34-27(36)14-19-6-8-20(9-7-19)21-4-3-5-22(15-21)29(31,32)33/h17-26,28,35H,3-16H2,1-2H3,(H,34,36). The third kappa shape index (κ3) is 8.00. The van der Waals surface area contributed by atoms with Crippen molar-refractivity contribution in [3.05, 3.63) is 0 Å². The molecule has 4 rings (SSSR count). The number of amides is 1. The van der Waals surface area contributed by atoms with Gasteiger partial charge in [-0.3, -0.25) is 4.79 Å². The van der Waals surface area contributed by atoms with Crippen LogP contribution in [0.3, 0.4) is 0 Å². The first kappa shape index (κ1) is 29.5. The first-order valence-corrected chi connectivity index (χ1v) is 15.3. The number of rotatable bonds is 6. The monoisotopic (exact) mass is 549 g/mol. The number of aliphatic hydroxyl groups is 1. The molecule has 4 nitrogen and oxygen atoms in total. The molecule has 1 amide bonds. The molecule has 0 spiro atoms. The molecule has 37 heavy (non-hydrogen) atoms. The van der Waals surface area contributed by atoms with E-state index in [0.717, 1.165) is 51.4 Å². The number of nitrogens with one attached hydrogen (secondary N) is 1. The van der Waals surface area contributed by atoms with E-state index in [0.29, 0.717) is 43.4 Å². The van der Waals surface area contributed by atoms with Gasteiger partial charge in [0.2, 0.25) is 5.91 Å². The Morgan fingerprint density at radius 2 is 1.59 bits per heavy atom. The minimum atomic E-state index is -4.07. The Kier molecular flexibility index (Phi) is 10.2. The van der Waals surface area contributed by atoms with Crippen LogP contribution in [-0.4, -0.2) is 46.9 Å². The highest BCUT2D eigenvalue weighted by Gasteiger charge is 2.44. The van der Waals surface area contributed by atoms with Gasteiger partial charge < -0.3 is 15.2 Å². The smallest absolute Gasteiger partial charge is 0.391 e. The fourth-order valence-electron chi connectivity index (χ4n) is 7.97. The van der Waals surface area contributed by atoms with E-state index in [1.54, 1.807) is 0 Å². The maximum Gasteiger partial charge on any atom is 0.391 e. The van der Waals surface area contributed by atoms with Gasteiger partial charge in [0.1, 0.15) is 0 Å².